The van der Waals surface area contributed by atoms with Gasteiger partial charge in [0, 0.05) is 18.8 Å². The first-order chi connectivity index (χ1) is 9.65. The van der Waals surface area contributed by atoms with Crippen LogP contribution in [-0.2, 0) is 0 Å². The summed E-state index contributed by atoms with van der Waals surface area (Å²) in [5.41, 5.74) is 1.39. The van der Waals surface area contributed by atoms with Crippen molar-refractivity contribution in [3.63, 3.8) is 0 Å². The van der Waals surface area contributed by atoms with Crippen molar-refractivity contribution in [1.29, 1.82) is 0 Å². The fourth-order valence-electron chi connectivity index (χ4n) is 2.14. The van der Waals surface area contributed by atoms with Crippen molar-refractivity contribution in [3.05, 3.63) is 45.4 Å². The molecule has 0 radical (unpaired) electrons. The van der Waals surface area contributed by atoms with Crippen molar-refractivity contribution in [2.24, 2.45) is 0 Å². The van der Waals surface area contributed by atoms with Crippen LogP contribution in [0.25, 0.3) is 0 Å². The van der Waals surface area contributed by atoms with Gasteiger partial charge in [0.15, 0.2) is 0 Å². The van der Waals surface area contributed by atoms with Crippen LogP contribution in [0.1, 0.15) is 41.0 Å². The van der Waals surface area contributed by atoms with Crippen molar-refractivity contribution >= 4 is 28.8 Å². The van der Waals surface area contributed by atoms with E-state index < -0.39 is 6.10 Å². The van der Waals surface area contributed by atoms with Crippen LogP contribution in [0.15, 0.2) is 29.1 Å². The number of aliphatic hydroxyl groups excluding tert-OH is 1. The molecule has 1 saturated carbocycles. The molecule has 4 nitrogen and oxygen atoms in total. The average molecular weight is 311 g/mol. The van der Waals surface area contributed by atoms with Crippen LogP contribution >= 0.6 is 22.9 Å². The minimum atomic E-state index is -0.676. The lowest BCUT2D eigenvalue weighted by atomic mass is 10.2. The Morgan fingerprint density at radius 3 is 3.05 bits per heavy atom. The molecule has 2 heterocycles. The summed E-state index contributed by atoms with van der Waals surface area (Å²) in [5, 5.41) is 17.1. The lowest BCUT2D eigenvalue weighted by Crippen LogP contribution is -2.29. The average Bonchev–Trinajstić information content (AvgIpc) is 2.98. The van der Waals surface area contributed by atoms with E-state index in [4.69, 9.17) is 11.6 Å². The molecule has 1 fully saturated rings. The first-order valence-electron chi connectivity index (χ1n) is 6.51. The number of rotatable bonds is 5. The summed E-state index contributed by atoms with van der Waals surface area (Å²) in [6.07, 6.45) is 3.29. The number of aliphatic hydroxyl groups is 1. The van der Waals surface area contributed by atoms with Gasteiger partial charge in [0.25, 0.3) is 5.91 Å². The lowest BCUT2D eigenvalue weighted by molar-refractivity contribution is 0.0907. The Hall–Kier alpha value is -1.30. The van der Waals surface area contributed by atoms with Crippen LogP contribution < -0.4 is 5.32 Å². The second-order valence-corrected chi connectivity index (χ2v) is 6.18. The zero-order valence-corrected chi connectivity index (χ0v) is 12.3. The summed E-state index contributed by atoms with van der Waals surface area (Å²) in [6.45, 7) is 0.197. The minimum absolute atomic E-state index is 0.196. The van der Waals surface area contributed by atoms with Crippen molar-refractivity contribution in [1.82, 2.24) is 9.88 Å². The van der Waals surface area contributed by atoms with E-state index in [-0.39, 0.29) is 12.5 Å². The number of carbonyl (C=O) groups is 1. The molecular weight excluding hydrogens is 296 g/mol. The monoisotopic (exact) mass is 310 g/mol. The van der Waals surface area contributed by atoms with Gasteiger partial charge in [0.2, 0.25) is 0 Å². The molecule has 0 saturated heterocycles. The van der Waals surface area contributed by atoms with Gasteiger partial charge in [-0.05, 0) is 41.3 Å². The number of halogens is 1. The number of carbonyl (C=O) groups excluding carboxylic acids is 1. The van der Waals surface area contributed by atoms with Crippen LogP contribution in [0.2, 0.25) is 5.02 Å². The Bertz CT molecular complexity index is 605. The van der Waals surface area contributed by atoms with Crippen LogP contribution in [0.4, 0.5) is 0 Å². The van der Waals surface area contributed by atoms with E-state index in [1.54, 1.807) is 12.3 Å². The second-order valence-electron chi connectivity index (χ2n) is 4.96. The SMILES string of the molecule is O=C(NCC(O)c1ccsc1)c1cc(Cl)cn1C1CC1. The quantitative estimate of drug-likeness (QED) is 0.892. The molecule has 2 N–H and O–H groups in total. The van der Waals surface area contributed by atoms with E-state index in [0.29, 0.717) is 16.8 Å². The first kappa shape index (κ1) is 13.7. The molecule has 3 rings (SSSR count). The standard InChI is InChI=1S/C14H15ClN2O2S/c15-10-5-12(17(7-10)11-1-2-11)14(19)16-6-13(18)9-3-4-20-8-9/h3-5,7-8,11,13,18H,1-2,6H2,(H,16,19). The summed E-state index contributed by atoms with van der Waals surface area (Å²) in [5.74, 6) is -0.196. The third kappa shape index (κ3) is 2.90. The molecule has 1 amide bonds. The predicted octanol–water partition coefficient (Wildman–Crippen LogP) is 3.00. The van der Waals surface area contributed by atoms with Gasteiger partial charge in [0.05, 0.1) is 11.1 Å². The Balaban J connectivity index is 1.64. The molecule has 0 spiro atoms. The number of amides is 1. The van der Waals surface area contributed by atoms with Gasteiger partial charge in [-0.2, -0.15) is 11.3 Å². The van der Waals surface area contributed by atoms with Crippen LogP contribution in [0.3, 0.4) is 0 Å². The molecule has 20 heavy (non-hydrogen) atoms. The maximum absolute atomic E-state index is 12.2. The number of hydrogen-bond donors (Lipinski definition) is 2. The van der Waals surface area contributed by atoms with Crippen molar-refractivity contribution < 1.29 is 9.90 Å². The number of nitrogens with one attached hydrogen (secondary N) is 1. The highest BCUT2D eigenvalue weighted by Gasteiger charge is 2.27. The largest absolute Gasteiger partial charge is 0.387 e. The first-order valence-corrected chi connectivity index (χ1v) is 7.83. The topological polar surface area (TPSA) is 54.3 Å². The van der Waals surface area contributed by atoms with E-state index in [0.717, 1.165) is 18.4 Å². The van der Waals surface area contributed by atoms with Gasteiger partial charge in [0.1, 0.15) is 5.69 Å². The van der Waals surface area contributed by atoms with Crippen LogP contribution in [-0.4, -0.2) is 22.1 Å². The second kappa shape index (κ2) is 5.60. The summed E-state index contributed by atoms with van der Waals surface area (Å²) in [7, 11) is 0. The van der Waals surface area contributed by atoms with Crippen molar-refractivity contribution in [2.45, 2.75) is 25.0 Å². The third-order valence-electron chi connectivity index (χ3n) is 3.37. The zero-order chi connectivity index (χ0) is 14.1. The van der Waals surface area contributed by atoms with Gasteiger partial charge in [-0.25, -0.2) is 0 Å². The van der Waals surface area contributed by atoms with Gasteiger partial charge in [-0.1, -0.05) is 11.6 Å². The maximum Gasteiger partial charge on any atom is 0.268 e. The van der Waals surface area contributed by atoms with E-state index >= 15 is 0 Å². The highest BCUT2D eigenvalue weighted by atomic mass is 35.5. The normalized spacial score (nSPS) is 16.1. The van der Waals surface area contributed by atoms with E-state index in [2.05, 4.69) is 5.32 Å². The van der Waals surface area contributed by atoms with E-state index in [1.807, 2.05) is 21.4 Å². The van der Waals surface area contributed by atoms with Gasteiger partial charge >= 0.3 is 0 Å². The fourth-order valence-corrected chi connectivity index (χ4v) is 3.06. The highest BCUT2D eigenvalue weighted by molar-refractivity contribution is 7.07. The third-order valence-corrected chi connectivity index (χ3v) is 4.28. The van der Waals surface area contributed by atoms with Gasteiger partial charge in [-0.15, -0.1) is 0 Å². The number of nitrogens with zero attached hydrogens (tertiary/aromatic N) is 1. The van der Waals surface area contributed by atoms with Crippen LogP contribution in [0.5, 0.6) is 0 Å². The minimum Gasteiger partial charge on any atom is -0.387 e. The van der Waals surface area contributed by atoms with E-state index in [1.165, 1.54) is 11.3 Å². The molecule has 1 aliphatic rings. The van der Waals surface area contributed by atoms with Crippen LogP contribution in [0, 0.1) is 0 Å². The van der Waals surface area contributed by atoms with E-state index in [9.17, 15) is 9.90 Å². The summed E-state index contributed by atoms with van der Waals surface area (Å²) >= 11 is 7.50. The molecular formula is C14H15ClN2O2S. The molecule has 1 unspecified atom stereocenters. The molecule has 2 aromatic heterocycles. The fraction of sp³-hybridized carbons (Fsp3) is 0.357. The Kier molecular flexibility index (Phi) is 3.83. The molecule has 106 valence electrons. The summed E-state index contributed by atoms with van der Waals surface area (Å²) < 4.78 is 1.93. The zero-order valence-electron chi connectivity index (χ0n) is 10.8. The lowest BCUT2D eigenvalue weighted by Gasteiger charge is -2.12. The summed E-state index contributed by atoms with van der Waals surface area (Å²) in [4.78, 5) is 12.2. The number of aromatic nitrogens is 1. The molecule has 6 heteroatoms. The van der Waals surface area contributed by atoms with Crippen molar-refractivity contribution in [3.8, 4) is 0 Å². The number of thiophene rings is 1. The molecule has 2 aromatic rings. The Morgan fingerprint density at radius 1 is 1.60 bits per heavy atom. The maximum atomic E-state index is 12.2. The molecule has 1 aliphatic carbocycles. The summed E-state index contributed by atoms with van der Waals surface area (Å²) in [6, 6.07) is 3.92. The number of hydrogen-bond acceptors (Lipinski definition) is 3. The smallest absolute Gasteiger partial charge is 0.268 e. The van der Waals surface area contributed by atoms with Gasteiger partial charge in [-0.3, -0.25) is 4.79 Å². The molecule has 0 bridgehead atoms. The predicted molar refractivity (Wildman–Crippen MR) is 79.3 cm³/mol. The van der Waals surface area contributed by atoms with Gasteiger partial charge < -0.3 is 15.0 Å². The Morgan fingerprint density at radius 2 is 2.40 bits per heavy atom. The molecule has 1 atom stereocenters. The molecule has 0 aromatic carbocycles. The Labute approximate surface area is 126 Å². The highest BCUT2D eigenvalue weighted by Crippen LogP contribution is 2.37. The molecule has 0 aliphatic heterocycles. The van der Waals surface area contributed by atoms with Crippen molar-refractivity contribution in [2.75, 3.05) is 6.54 Å².